The molecule has 1 unspecified atom stereocenters. The Morgan fingerprint density at radius 1 is 1.24 bits per heavy atom. The predicted molar refractivity (Wildman–Crippen MR) is 96.9 cm³/mol. The smallest absolute Gasteiger partial charge is 0.336 e. The van der Waals surface area contributed by atoms with Gasteiger partial charge in [-0.15, -0.1) is 11.6 Å². The van der Waals surface area contributed by atoms with Gasteiger partial charge in [-0.1, -0.05) is 6.07 Å². The molecule has 1 aromatic heterocycles. The van der Waals surface area contributed by atoms with E-state index in [0.717, 1.165) is 0 Å². The second kappa shape index (κ2) is 8.49. The number of methoxy groups -OCH3 is 1. The maximum absolute atomic E-state index is 12.6. The molecule has 0 amide bonds. The fourth-order valence-electron chi connectivity index (χ4n) is 2.73. The Kier molecular flexibility index (Phi) is 6.61. The highest BCUT2D eigenvalue weighted by atomic mass is 79.9. The minimum atomic E-state index is -0.700. The largest absolute Gasteiger partial charge is 0.466 e. The van der Waals surface area contributed by atoms with Gasteiger partial charge < -0.3 is 14.8 Å². The summed E-state index contributed by atoms with van der Waals surface area (Å²) in [6.45, 7) is 3.58. The van der Waals surface area contributed by atoms with Gasteiger partial charge in [-0.2, -0.15) is 0 Å². The van der Waals surface area contributed by atoms with Gasteiger partial charge in [0.25, 0.3) is 0 Å². The van der Waals surface area contributed by atoms with E-state index in [0.29, 0.717) is 32.8 Å². The summed E-state index contributed by atoms with van der Waals surface area (Å²) in [5.41, 5.74) is 2.35. The molecule has 0 spiro atoms. The summed E-state index contributed by atoms with van der Waals surface area (Å²) < 4.78 is 10.7. The summed E-state index contributed by atoms with van der Waals surface area (Å²) in [6, 6.07) is 5.30. The minimum absolute atomic E-state index is 0.0755. The van der Waals surface area contributed by atoms with E-state index in [1.165, 1.54) is 7.11 Å². The van der Waals surface area contributed by atoms with Gasteiger partial charge in [-0.25, -0.2) is 14.6 Å². The molecule has 1 aliphatic rings. The summed E-state index contributed by atoms with van der Waals surface area (Å²) in [7, 11) is 1.30. The second-order valence-corrected chi connectivity index (χ2v) is 6.53. The molecule has 1 N–H and O–H groups in total. The van der Waals surface area contributed by atoms with Crippen LogP contribution in [0.5, 0.6) is 0 Å². The van der Waals surface area contributed by atoms with Crippen LogP contribution in [0.1, 0.15) is 25.5 Å². The molecule has 0 aliphatic carbocycles. The van der Waals surface area contributed by atoms with Gasteiger partial charge in [0.2, 0.25) is 0 Å². The van der Waals surface area contributed by atoms with Gasteiger partial charge in [0, 0.05) is 11.4 Å². The van der Waals surface area contributed by atoms with Crippen molar-refractivity contribution in [1.29, 1.82) is 0 Å². The van der Waals surface area contributed by atoms with Crippen LogP contribution in [0.3, 0.4) is 0 Å². The van der Waals surface area contributed by atoms with E-state index in [4.69, 9.17) is 21.1 Å². The van der Waals surface area contributed by atoms with Crippen molar-refractivity contribution in [2.24, 2.45) is 0 Å². The number of carbonyl (C=O) groups is 2. The maximum atomic E-state index is 12.6. The van der Waals surface area contributed by atoms with E-state index in [-0.39, 0.29) is 12.5 Å². The summed E-state index contributed by atoms with van der Waals surface area (Å²) in [6.07, 6.45) is 0. The SMILES string of the molecule is COC(=O)C1=C(C)NC(C)=C(C(=O)OCCCl)C1c1cccc(Br)n1. The Balaban J connectivity index is 2.61. The van der Waals surface area contributed by atoms with Crippen LogP contribution < -0.4 is 5.32 Å². The standard InChI is InChI=1S/C17H18BrClN2O4/c1-9-13(16(22)24-3)15(11-5-4-6-12(18)21-11)14(10(2)20-9)17(23)25-8-7-19/h4-6,15,20H,7-8H2,1-3H3. The molecule has 1 atom stereocenters. The lowest BCUT2D eigenvalue weighted by Gasteiger charge is -2.29. The summed E-state index contributed by atoms with van der Waals surface area (Å²) in [5.74, 6) is -1.60. The van der Waals surface area contributed by atoms with Crippen LogP contribution in [0.25, 0.3) is 0 Å². The lowest BCUT2D eigenvalue weighted by atomic mass is 9.83. The lowest BCUT2D eigenvalue weighted by Crippen LogP contribution is -2.32. The third-order valence-corrected chi connectivity index (χ3v) is 4.32. The molecule has 134 valence electrons. The second-order valence-electron chi connectivity index (χ2n) is 5.34. The molecule has 6 nitrogen and oxygen atoms in total. The van der Waals surface area contributed by atoms with Gasteiger partial charge in [0.15, 0.2) is 0 Å². The third kappa shape index (κ3) is 4.22. The molecule has 0 saturated heterocycles. The molecule has 25 heavy (non-hydrogen) atoms. The van der Waals surface area contributed by atoms with Crippen LogP contribution in [-0.2, 0) is 19.1 Å². The fourth-order valence-corrected chi connectivity index (χ4v) is 3.17. The number of hydrogen-bond donors (Lipinski definition) is 1. The summed E-state index contributed by atoms with van der Waals surface area (Å²) >= 11 is 8.93. The van der Waals surface area contributed by atoms with Crippen LogP contribution in [-0.4, -0.2) is 36.5 Å². The zero-order valence-electron chi connectivity index (χ0n) is 14.1. The number of aromatic nitrogens is 1. The Morgan fingerprint density at radius 2 is 1.88 bits per heavy atom. The molecular formula is C17H18BrClN2O4. The topological polar surface area (TPSA) is 77.5 Å². The normalized spacial score (nSPS) is 17.2. The summed E-state index contributed by atoms with van der Waals surface area (Å²) in [4.78, 5) is 29.4. The molecule has 1 aliphatic heterocycles. The number of nitrogens with one attached hydrogen (secondary N) is 1. The number of nitrogens with zero attached hydrogens (tertiary/aromatic N) is 1. The number of carbonyl (C=O) groups excluding carboxylic acids is 2. The van der Waals surface area contributed by atoms with Crippen molar-refractivity contribution in [3.63, 3.8) is 0 Å². The Morgan fingerprint density at radius 3 is 2.44 bits per heavy atom. The van der Waals surface area contributed by atoms with Crippen molar-refractivity contribution in [1.82, 2.24) is 10.3 Å². The Labute approximate surface area is 159 Å². The first kappa shape index (κ1) is 19.5. The minimum Gasteiger partial charge on any atom is -0.466 e. The average molecular weight is 430 g/mol. The monoisotopic (exact) mass is 428 g/mol. The number of esters is 2. The molecule has 2 rings (SSSR count). The highest BCUT2D eigenvalue weighted by Gasteiger charge is 2.38. The molecule has 0 radical (unpaired) electrons. The number of allylic oxidation sites excluding steroid dienone is 2. The summed E-state index contributed by atoms with van der Waals surface area (Å²) in [5, 5.41) is 3.05. The predicted octanol–water partition coefficient (Wildman–Crippen LogP) is 3.03. The number of dihydropyridines is 1. The molecule has 8 heteroatoms. The molecular weight excluding hydrogens is 412 g/mol. The first-order valence-corrected chi connectivity index (χ1v) is 8.85. The van der Waals surface area contributed by atoms with Crippen LogP contribution in [0.2, 0.25) is 0 Å². The van der Waals surface area contributed by atoms with Gasteiger partial charge in [-0.05, 0) is 41.9 Å². The third-order valence-electron chi connectivity index (χ3n) is 3.73. The number of hydrogen-bond acceptors (Lipinski definition) is 6. The van der Waals surface area contributed by atoms with E-state index >= 15 is 0 Å². The number of pyridine rings is 1. The molecule has 0 saturated carbocycles. The van der Waals surface area contributed by atoms with E-state index in [1.807, 2.05) is 0 Å². The number of rotatable bonds is 5. The van der Waals surface area contributed by atoms with Crippen molar-refractivity contribution >= 4 is 39.5 Å². The van der Waals surface area contributed by atoms with E-state index < -0.39 is 17.9 Å². The van der Waals surface area contributed by atoms with E-state index in [1.54, 1.807) is 32.0 Å². The number of alkyl halides is 1. The molecule has 2 heterocycles. The van der Waals surface area contributed by atoms with E-state index in [2.05, 4.69) is 26.2 Å². The molecule has 1 aromatic rings. The maximum Gasteiger partial charge on any atom is 0.336 e. The van der Waals surface area contributed by atoms with E-state index in [9.17, 15) is 9.59 Å². The first-order valence-electron chi connectivity index (χ1n) is 7.53. The zero-order valence-corrected chi connectivity index (χ0v) is 16.4. The van der Waals surface area contributed by atoms with Gasteiger partial charge in [0.1, 0.15) is 11.2 Å². The fraction of sp³-hybridized carbons (Fsp3) is 0.353. The van der Waals surface area contributed by atoms with Crippen LogP contribution in [0.15, 0.2) is 45.3 Å². The van der Waals surface area contributed by atoms with Crippen molar-refractivity contribution in [2.75, 3.05) is 19.6 Å². The Hall–Kier alpha value is -1.86. The van der Waals surface area contributed by atoms with Crippen molar-refractivity contribution in [3.8, 4) is 0 Å². The molecule has 0 bridgehead atoms. The van der Waals surface area contributed by atoms with Crippen molar-refractivity contribution in [2.45, 2.75) is 19.8 Å². The van der Waals surface area contributed by atoms with Gasteiger partial charge >= 0.3 is 11.9 Å². The van der Waals surface area contributed by atoms with Crippen molar-refractivity contribution < 1.29 is 19.1 Å². The van der Waals surface area contributed by atoms with Crippen LogP contribution in [0, 0.1) is 0 Å². The number of ether oxygens (including phenoxy) is 2. The zero-order chi connectivity index (χ0) is 18.6. The molecule has 0 fully saturated rings. The quantitative estimate of drug-likeness (QED) is 0.440. The lowest BCUT2D eigenvalue weighted by molar-refractivity contribution is -0.139. The van der Waals surface area contributed by atoms with Crippen LogP contribution in [0.4, 0.5) is 0 Å². The first-order chi connectivity index (χ1) is 11.9. The van der Waals surface area contributed by atoms with Crippen LogP contribution >= 0.6 is 27.5 Å². The Bertz CT molecular complexity index is 761. The average Bonchev–Trinajstić information content (AvgIpc) is 2.58. The van der Waals surface area contributed by atoms with Gasteiger partial charge in [0.05, 0.1) is 35.7 Å². The molecule has 0 aromatic carbocycles. The van der Waals surface area contributed by atoms with Gasteiger partial charge in [-0.3, -0.25) is 0 Å². The number of halogens is 2. The van der Waals surface area contributed by atoms with Crippen molar-refractivity contribution in [3.05, 3.63) is 51.0 Å². The highest BCUT2D eigenvalue weighted by molar-refractivity contribution is 9.10. The highest BCUT2D eigenvalue weighted by Crippen LogP contribution is 2.38.